The number of nitrogens with one attached hydrogen (secondary N) is 2. The van der Waals surface area contributed by atoms with Gasteiger partial charge in [0.05, 0.1) is 21.9 Å². The van der Waals surface area contributed by atoms with Crippen LogP contribution in [0.5, 0.6) is 0 Å². The summed E-state index contributed by atoms with van der Waals surface area (Å²) in [4.78, 5) is 39.9. The first kappa shape index (κ1) is 25.8. The molecule has 192 valence electrons. The van der Waals surface area contributed by atoms with Crippen LogP contribution in [0.2, 0.25) is 0 Å². The predicted octanol–water partition coefficient (Wildman–Crippen LogP) is 4.29. The van der Waals surface area contributed by atoms with Gasteiger partial charge in [-0.2, -0.15) is 0 Å². The van der Waals surface area contributed by atoms with E-state index in [1.54, 1.807) is 18.2 Å². The lowest BCUT2D eigenvalue weighted by atomic mass is 10.1. The van der Waals surface area contributed by atoms with Gasteiger partial charge in [-0.15, -0.1) is 0 Å². The molecule has 2 aromatic carbocycles. The normalized spacial score (nSPS) is 13.4. The fourth-order valence-electron chi connectivity index (χ4n) is 4.15. The summed E-state index contributed by atoms with van der Waals surface area (Å²) in [5, 5.41) is 17.0. The van der Waals surface area contributed by atoms with Crippen molar-refractivity contribution in [2.24, 2.45) is 5.92 Å². The fourth-order valence-corrected chi connectivity index (χ4v) is 4.35. The largest absolute Gasteiger partial charge is 0.451 e. The average Bonchev–Trinajstić information content (AvgIpc) is 3.39. The second-order valence-corrected chi connectivity index (χ2v) is 9.24. The molecule has 2 heterocycles. The standard InChI is InChI=1S/C26H27N5O5S/c1-17(2)25(33)30-15-13-29(14-16-30)21-10-6-4-8-19(21)27-26(37)28-24(32)23-12-11-22(36-23)18-7-3-5-9-20(18)31(34)35/h3-12,17H,13-16H2,1-2H3,(H2,27,28,32,37). The van der Waals surface area contributed by atoms with Gasteiger partial charge in [0.15, 0.2) is 10.9 Å². The lowest BCUT2D eigenvalue weighted by Crippen LogP contribution is -2.50. The van der Waals surface area contributed by atoms with E-state index in [9.17, 15) is 19.7 Å². The monoisotopic (exact) mass is 521 g/mol. The van der Waals surface area contributed by atoms with Crippen molar-refractivity contribution in [2.45, 2.75) is 13.8 Å². The lowest BCUT2D eigenvalue weighted by Gasteiger charge is -2.37. The Morgan fingerprint density at radius 1 is 1.00 bits per heavy atom. The Bertz CT molecular complexity index is 1330. The van der Waals surface area contributed by atoms with Crippen LogP contribution in [0.25, 0.3) is 11.3 Å². The van der Waals surface area contributed by atoms with Crippen LogP contribution >= 0.6 is 12.2 Å². The summed E-state index contributed by atoms with van der Waals surface area (Å²) in [5.74, 6) is -0.290. The van der Waals surface area contributed by atoms with Gasteiger partial charge < -0.3 is 19.5 Å². The molecule has 11 heteroatoms. The third-order valence-electron chi connectivity index (χ3n) is 6.00. The summed E-state index contributed by atoms with van der Waals surface area (Å²) in [5.41, 5.74) is 1.78. The molecule has 37 heavy (non-hydrogen) atoms. The average molecular weight is 522 g/mol. The first-order valence-electron chi connectivity index (χ1n) is 11.8. The van der Waals surface area contributed by atoms with Crippen molar-refractivity contribution < 1.29 is 18.9 Å². The summed E-state index contributed by atoms with van der Waals surface area (Å²) < 4.78 is 5.59. The predicted molar refractivity (Wildman–Crippen MR) is 145 cm³/mol. The van der Waals surface area contributed by atoms with Gasteiger partial charge in [0.2, 0.25) is 5.91 Å². The van der Waals surface area contributed by atoms with E-state index in [1.807, 2.05) is 43.0 Å². The van der Waals surface area contributed by atoms with Gasteiger partial charge in [0, 0.05) is 38.2 Å². The molecule has 2 amide bonds. The Hall–Kier alpha value is -4.25. The van der Waals surface area contributed by atoms with E-state index in [4.69, 9.17) is 16.6 Å². The second kappa shape index (κ2) is 11.2. The number of rotatable bonds is 6. The molecular formula is C26H27N5O5S. The molecule has 0 unspecified atom stereocenters. The number of furan rings is 1. The lowest BCUT2D eigenvalue weighted by molar-refractivity contribution is -0.384. The van der Waals surface area contributed by atoms with Crippen molar-refractivity contribution in [2.75, 3.05) is 36.4 Å². The number of carbonyl (C=O) groups is 2. The zero-order valence-corrected chi connectivity index (χ0v) is 21.3. The van der Waals surface area contributed by atoms with E-state index in [0.717, 1.165) is 11.4 Å². The topological polar surface area (TPSA) is 121 Å². The first-order valence-corrected chi connectivity index (χ1v) is 12.2. The molecule has 1 fully saturated rings. The molecule has 4 rings (SSSR count). The van der Waals surface area contributed by atoms with E-state index in [1.165, 1.54) is 18.2 Å². The summed E-state index contributed by atoms with van der Waals surface area (Å²) in [7, 11) is 0. The Kier molecular flexibility index (Phi) is 7.83. The quantitative estimate of drug-likeness (QED) is 0.280. The summed E-state index contributed by atoms with van der Waals surface area (Å²) >= 11 is 5.36. The van der Waals surface area contributed by atoms with Gasteiger partial charge in [-0.05, 0) is 42.5 Å². The SMILES string of the molecule is CC(C)C(=O)N1CCN(c2ccccc2NC(=S)NC(=O)c2ccc(-c3ccccc3[N+](=O)[O-])o2)CC1. The van der Waals surface area contributed by atoms with Crippen LogP contribution in [-0.2, 0) is 4.79 Å². The molecule has 2 N–H and O–H groups in total. The minimum absolute atomic E-state index is 0.0310. The van der Waals surface area contributed by atoms with E-state index >= 15 is 0 Å². The highest BCUT2D eigenvalue weighted by Crippen LogP contribution is 2.31. The fraction of sp³-hybridized carbons (Fsp3) is 0.269. The summed E-state index contributed by atoms with van der Waals surface area (Å²) in [6.07, 6.45) is 0. The van der Waals surface area contributed by atoms with Gasteiger partial charge in [0.1, 0.15) is 5.76 Å². The van der Waals surface area contributed by atoms with Crippen LogP contribution in [0, 0.1) is 16.0 Å². The number of hydrogen-bond acceptors (Lipinski definition) is 7. The van der Waals surface area contributed by atoms with Crippen LogP contribution in [-0.4, -0.2) is 52.9 Å². The molecule has 3 aromatic rings. The van der Waals surface area contributed by atoms with Crippen molar-refractivity contribution in [1.29, 1.82) is 0 Å². The Morgan fingerprint density at radius 2 is 1.68 bits per heavy atom. The molecule has 0 saturated carbocycles. The van der Waals surface area contributed by atoms with Crippen LogP contribution in [0.3, 0.4) is 0 Å². The van der Waals surface area contributed by atoms with Crippen molar-refractivity contribution >= 4 is 46.2 Å². The van der Waals surface area contributed by atoms with Crippen LogP contribution < -0.4 is 15.5 Å². The minimum Gasteiger partial charge on any atom is -0.451 e. The second-order valence-electron chi connectivity index (χ2n) is 8.83. The number of para-hydroxylation sites is 3. The van der Waals surface area contributed by atoms with Gasteiger partial charge in [-0.3, -0.25) is 25.0 Å². The molecule has 0 bridgehead atoms. The zero-order valence-electron chi connectivity index (χ0n) is 20.5. The Labute approximate surface area is 219 Å². The first-order chi connectivity index (χ1) is 17.7. The highest BCUT2D eigenvalue weighted by molar-refractivity contribution is 7.80. The molecule has 0 radical (unpaired) electrons. The molecule has 0 atom stereocenters. The molecule has 1 aromatic heterocycles. The summed E-state index contributed by atoms with van der Waals surface area (Å²) in [6.45, 7) is 6.42. The summed E-state index contributed by atoms with van der Waals surface area (Å²) in [6, 6.07) is 16.7. The Morgan fingerprint density at radius 3 is 2.38 bits per heavy atom. The molecular weight excluding hydrogens is 494 g/mol. The maximum atomic E-state index is 12.7. The van der Waals surface area contributed by atoms with Crippen molar-refractivity contribution in [1.82, 2.24) is 10.2 Å². The smallest absolute Gasteiger partial charge is 0.293 e. The number of nitrogens with zero attached hydrogens (tertiary/aromatic N) is 3. The minimum atomic E-state index is -0.583. The van der Waals surface area contributed by atoms with E-state index in [2.05, 4.69) is 15.5 Å². The number of benzene rings is 2. The third-order valence-corrected chi connectivity index (χ3v) is 6.21. The van der Waals surface area contributed by atoms with Gasteiger partial charge in [0.25, 0.3) is 11.6 Å². The maximum Gasteiger partial charge on any atom is 0.293 e. The van der Waals surface area contributed by atoms with Crippen LogP contribution in [0.1, 0.15) is 24.4 Å². The van der Waals surface area contributed by atoms with Gasteiger partial charge in [-0.25, -0.2) is 0 Å². The third kappa shape index (κ3) is 5.95. The van der Waals surface area contributed by atoms with Crippen molar-refractivity contribution in [3.63, 3.8) is 0 Å². The zero-order chi connectivity index (χ0) is 26.5. The van der Waals surface area contributed by atoms with Crippen molar-refractivity contribution in [3.8, 4) is 11.3 Å². The molecule has 0 aliphatic carbocycles. The van der Waals surface area contributed by atoms with E-state index in [0.29, 0.717) is 26.2 Å². The highest BCUT2D eigenvalue weighted by atomic mass is 32.1. The molecule has 1 aliphatic heterocycles. The molecule has 1 aliphatic rings. The van der Waals surface area contributed by atoms with E-state index in [-0.39, 0.29) is 39.7 Å². The van der Waals surface area contributed by atoms with Gasteiger partial charge >= 0.3 is 0 Å². The number of thiocarbonyl (C=S) groups is 1. The number of nitro groups is 1. The Balaban J connectivity index is 1.40. The molecule has 0 spiro atoms. The maximum absolute atomic E-state index is 12.7. The molecule has 1 saturated heterocycles. The van der Waals surface area contributed by atoms with E-state index < -0.39 is 10.8 Å². The number of amides is 2. The van der Waals surface area contributed by atoms with Crippen molar-refractivity contribution in [3.05, 3.63) is 76.5 Å². The number of piperazine rings is 1. The van der Waals surface area contributed by atoms with Crippen LogP contribution in [0.4, 0.5) is 17.1 Å². The highest BCUT2D eigenvalue weighted by Gasteiger charge is 2.24. The number of hydrogen-bond donors (Lipinski definition) is 2. The number of nitro benzene ring substituents is 1. The number of carbonyl (C=O) groups excluding carboxylic acids is 2. The van der Waals surface area contributed by atoms with Crippen LogP contribution in [0.15, 0.2) is 65.1 Å². The number of anilines is 2. The molecule has 10 nitrogen and oxygen atoms in total. The van der Waals surface area contributed by atoms with Gasteiger partial charge in [-0.1, -0.05) is 38.1 Å².